The van der Waals surface area contributed by atoms with Gasteiger partial charge in [-0.3, -0.25) is 0 Å². The molecule has 1 saturated heterocycles. The Morgan fingerprint density at radius 3 is 2.55 bits per heavy atom. The van der Waals surface area contributed by atoms with Crippen LogP contribution in [0.4, 0.5) is 4.39 Å². The van der Waals surface area contributed by atoms with Gasteiger partial charge in [-0.2, -0.15) is 4.31 Å². The third-order valence-corrected chi connectivity index (χ3v) is 5.94. The second kappa shape index (κ2) is 7.08. The first-order chi connectivity index (χ1) is 10.3. The number of piperazine rings is 1. The molecule has 4 nitrogen and oxygen atoms in total. The average Bonchev–Trinajstić information content (AvgIpc) is 2.48. The molecule has 1 aliphatic rings. The number of rotatable bonds is 4. The first kappa shape index (κ1) is 17.4. The summed E-state index contributed by atoms with van der Waals surface area (Å²) in [6.45, 7) is 7.47. The summed E-state index contributed by atoms with van der Waals surface area (Å²) in [7, 11) is -3.60. The van der Waals surface area contributed by atoms with Crippen LogP contribution in [0.25, 0.3) is 0 Å². The molecule has 1 aliphatic heterocycles. The summed E-state index contributed by atoms with van der Waals surface area (Å²) in [5, 5.41) is -0.172. The Bertz CT molecular complexity index is 664. The first-order valence-electron chi connectivity index (χ1n) is 7.23. The second-order valence-corrected chi connectivity index (χ2v) is 8.06. The van der Waals surface area contributed by atoms with Crippen LogP contribution in [-0.4, -0.2) is 45.4 Å². The Hall–Kier alpha value is -0.950. The van der Waals surface area contributed by atoms with Gasteiger partial charge in [0.15, 0.2) is 0 Å². The Kier molecular flexibility index (Phi) is 5.60. The summed E-state index contributed by atoms with van der Waals surface area (Å²) < 4.78 is 39.7. The smallest absolute Gasteiger partial charge is 0.243 e. The van der Waals surface area contributed by atoms with Crippen molar-refractivity contribution in [2.45, 2.75) is 18.7 Å². The molecule has 0 bridgehead atoms. The van der Waals surface area contributed by atoms with Gasteiger partial charge in [-0.1, -0.05) is 17.2 Å². The Morgan fingerprint density at radius 2 is 2.00 bits per heavy atom. The number of hydrogen-bond acceptors (Lipinski definition) is 2. The molecule has 7 heteroatoms. The summed E-state index contributed by atoms with van der Waals surface area (Å²) >= 11 is 5.68. The lowest BCUT2D eigenvalue weighted by molar-refractivity contribution is -0.897. The van der Waals surface area contributed by atoms with E-state index in [1.165, 1.54) is 26.9 Å². The van der Waals surface area contributed by atoms with Crippen LogP contribution < -0.4 is 4.90 Å². The normalized spacial score (nSPS) is 17.5. The molecule has 1 aromatic carbocycles. The van der Waals surface area contributed by atoms with Gasteiger partial charge >= 0.3 is 0 Å². The van der Waals surface area contributed by atoms with E-state index in [1.807, 2.05) is 0 Å². The highest BCUT2D eigenvalue weighted by atomic mass is 35.5. The summed E-state index contributed by atoms with van der Waals surface area (Å²) in [5.41, 5.74) is 1.27. The Balaban J connectivity index is 2.06. The zero-order valence-corrected chi connectivity index (χ0v) is 14.3. The topological polar surface area (TPSA) is 41.8 Å². The van der Waals surface area contributed by atoms with Crippen LogP contribution >= 0.6 is 11.6 Å². The predicted molar refractivity (Wildman–Crippen MR) is 85.2 cm³/mol. The van der Waals surface area contributed by atoms with Crippen molar-refractivity contribution < 1.29 is 17.7 Å². The summed E-state index contributed by atoms with van der Waals surface area (Å²) in [5.74, 6) is -0.614. The summed E-state index contributed by atoms with van der Waals surface area (Å²) in [6.07, 6.45) is 2.17. The zero-order chi connectivity index (χ0) is 16.3. The number of hydrogen-bond donors (Lipinski definition) is 1. The molecule has 1 aromatic rings. The lowest BCUT2D eigenvalue weighted by Gasteiger charge is -2.31. The van der Waals surface area contributed by atoms with Gasteiger partial charge in [0.25, 0.3) is 0 Å². The Labute approximate surface area is 136 Å². The molecular weight excluding hydrogens is 327 g/mol. The van der Waals surface area contributed by atoms with Crippen LogP contribution in [-0.2, 0) is 10.0 Å². The van der Waals surface area contributed by atoms with Gasteiger partial charge in [0, 0.05) is 0 Å². The third-order valence-electron chi connectivity index (χ3n) is 3.76. The van der Waals surface area contributed by atoms with Gasteiger partial charge in [0.05, 0.1) is 42.6 Å². The van der Waals surface area contributed by atoms with Crippen LogP contribution in [0.15, 0.2) is 34.7 Å². The Morgan fingerprint density at radius 1 is 1.36 bits per heavy atom. The molecular formula is C15H21ClFN2O2S+. The van der Waals surface area contributed by atoms with Crippen molar-refractivity contribution in [1.29, 1.82) is 0 Å². The van der Waals surface area contributed by atoms with Crippen molar-refractivity contribution in [3.63, 3.8) is 0 Å². The maximum Gasteiger partial charge on any atom is 0.243 e. The average molecular weight is 348 g/mol. The van der Waals surface area contributed by atoms with Crippen LogP contribution in [0, 0.1) is 5.82 Å². The molecule has 0 radical (unpaired) electrons. The van der Waals surface area contributed by atoms with E-state index in [4.69, 9.17) is 11.6 Å². The first-order valence-corrected chi connectivity index (χ1v) is 9.04. The molecule has 22 heavy (non-hydrogen) atoms. The monoisotopic (exact) mass is 347 g/mol. The van der Waals surface area contributed by atoms with Crippen LogP contribution in [0.5, 0.6) is 0 Å². The lowest BCUT2D eigenvalue weighted by Crippen LogP contribution is -3.14. The van der Waals surface area contributed by atoms with Gasteiger partial charge in [-0.05, 0) is 38.1 Å². The van der Waals surface area contributed by atoms with Crippen LogP contribution in [0.1, 0.15) is 13.8 Å². The number of sulfonamides is 1. The minimum absolute atomic E-state index is 0.0478. The minimum atomic E-state index is -3.60. The van der Waals surface area contributed by atoms with Crippen LogP contribution in [0.2, 0.25) is 5.02 Å². The molecule has 0 aliphatic carbocycles. The van der Waals surface area contributed by atoms with Crippen molar-refractivity contribution in [2.75, 3.05) is 32.7 Å². The van der Waals surface area contributed by atoms with E-state index < -0.39 is 15.8 Å². The SMILES string of the molecule is CC(C)=CC[NH+]1CCN(S(=O)(=O)c2ccc(F)c(Cl)c2)CC1. The van der Waals surface area contributed by atoms with Gasteiger partial charge in [0.1, 0.15) is 5.82 Å². The van der Waals surface area contributed by atoms with E-state index in [9.17, 15) is 12.8 Å². The van der Waals surface area contributed by atoms with E-state index >= 15 is 0 Å². The molecule has 1 heterocycles. The van der Waals surface area contributed by atoms with E-state index in [-0.39, 0.29) is 9.92 Å². The molecule has 1 N–H and O–H groups in total. The van der Waals surface area contributed by atoms with Gasteiger partial charge in [-0.25, -0.2) is 12.8 Å². The predicted octanol–water partition coefficient (Wildman–Crippen LogP) is 1.33. The zero-order valence-electron chi connectivity index (χ0n) is 12.8. The highest BCUT2D eigenvalue weighted by Crippen LogP contribution is 2.22. The number of benzene rings is 1. The highest BCUT2D eigenvalue weighted by Gasteiger charge is 2.30. The fraction of sp³-hybridized carbons (Fsp3) is 0.467. The van der Waals surface area contributed by atoms with Crippen molar-refractivity contribution in [3.8, 4) is 0 Å². The molecule has 1 fully saturated rings. The van der Waals surface area contributed by atoms with E-state index in [0.717, 1.165) is 25.7 Å². The van der Waals surface area contributed by atoms with E-state index in [0.29, 0.717) is 13.1 Å². The van der Waals surface area contributed by atoms with Gasteiger partial charge in [-0.15, -0.1) is 0 Å². The summed E-state index contributed by atoms with van der Waals surface area (Å²) in [6, 6.07) is 3.53. The molecule has 0 aromatic heterocycles. The summed E-state index contributed by atoms with van der Waals surface area (Å²) in [4.78, 5) is 1.41. The quantitative estimate of drug-likeness (QED) is 0.835. The van der Waals surface area contributed by atoms with Crippen molar-refractivity contribution >= 4 is 21.6 Å². The van der Waals surface area contributed by atoms with Crippen molar-refractivity contribution in [2.24, 2.45) is 0 Å². The van der Waals surface area contributed by atoms with Crippen LogP contribution in [0.3, 0.4) is 0 Å². The van der Waals surface area contributed by atoms with Crippen molar-refractivity contribution in [1.82, 2.24) is 4.31 Å². The van der Waals surface area contributed by atoms with Gasteiger partial charge < -0.3 is 4.90 Å². The minimum Gasteiger partial charge on any atom is -0.329 e. The molecule has 122 valence electrons. The highest BCUT2D eigenvalue weighted by molar-refractivity contribution is 7.89. The molecule has 0 unspecified atom stereocenters. The van der Waals surface area contributed by atoms with Gasteiger partial charge in [0.2, 0.25) is 10.0 Å². The molecule has 0 saturated carbocycles. The largest absolute Gasteiger partial charge is 0.329 e. The number of quaternary nitrogens is 1. The standard InChI is InChI=1S/C15H20ClFN2O2S/c1-12(2)5-6-18-7-9-19(10-8-18)22(20,21)13-3-4-15(17)14(16)11-13/h3-5,11H,6-10H2,1-2H3/p+1. The number of nitrogens with one attached hydrogen (secondary N) is 1. The number of allylic oxidation sites excluding steroid dienone is 1. The third kappa shape index (κ3) is 4.07. The molecule has 0 spiro atoms. The fourth-order valence-corrected chi connectivity index (χ4v) is 4.10. The maximum atomic E-state index is 13.2. The number of nitrogens with zero attached hydrogens (tertiary/aromatic N) is 1. The lowest BCUT2D eigenvalue weighted by atomic mass is 10.3. The number of halogens is 2. The van der Waals surface area contributed by atoms with E-state index in [2.05, 4.69) is 19.9 Å². The second-order valence-electron chi connectivity index (χ2n) is 5.72. The molecule has 0 amide bonds. The van der Waals surface area contributed by atoms with Crippen molar-refractivity contribution in [3.05, 3.63) is 40.7 Å². The maximum absolute atomic E-state index is 13.2. The fourth-order valence-electron chi connectivity index (χ4n) is 2.38. The molecule has 0 atom stereocenters. The van der Waals surface area contributed by atoms with E-state index in [1.54, 1.807) is 0 Å². The molecule has 2 rings (SSSR count).